The molecule has 0 spiro atoms. The Balaban J connectivity index is 1.37. The molecule has 266 valence electrons. The molecule has 52 heavy (non-hydrogen) atoms. The van der Waals surface area contributed by atoms with Gasteiger partial charge in [-0.15, -0.1) is 20.5 Å². The molecule has 8 N–H and O–H groups in total. The van der Waals surface area contributed by atoms with Crippen LogP contribution >= 0.6 is 46.4 Å². The van der Waals surface area contributed by atoms with Gasteiger partial charge in [-0.2, -0.15) is 16.8 Å². The van der Waals surface area contributed by atoms with Crippen LogP contribution < -0.4 is 11.5 Å². The zero-order chi connectivity index (χ0) is 37.9. The Kier molecular flexibility index (Phi) is 9.71. The largest absolute Gasteiger partial charge is 0.505 e. The predicted molar refractivity (Wildman–Crippen MR) is 200 cm³/mol. The van der Waals surface area contributed by atoms with Gasteiger partial charge in [-0.25, -0.2) is 0 Å². The van der Waals surface area contributed by atoms with Crippen LogP contribution in [0.4, 0.5) is 34.1 Å². The number of halogens is 4. The molecule has 6 aromatic rings. The summed E-state index contributed by atoms with van der Waals surface area (Å²) >= 11 is 26.0. The Morgan fingerprint density at radius 3 is 1.33 bits per heavy atom. The number of benzene rings is 6. The molecule has 0 saturated carbocycles. The molecular weight excluding hydrogens is 802 g/mol. The quantitative estimate of drug-likeness (QED) is 0.0505. The van der Waals surface area contributed by atoms with E-state index in [0.29, 0.717) is 11.1 Å². The lowest BCUT2D eigenvalue weighted by molar-refractivity contribution is 0.472. The van der Waals surface area contributed by atoms with Crippen LogP contribution in [0.3, 0.4) is 0 Å². The molecular formula is C32H20Cl4N6O8S2. The van der Waals surface area contributed by atoms with E-state index < -0.39 is 52.9 Å². The molecule has 0 fully saturated rings. The SMILES string of the molecule is Nc1ccc2c(O)c(N=Nc3c(Cl)cc(-c4cc(Cl)c(N=Nc5c(S(=O)(=O)O)cc6ccc(N)cc6c5O)c(Cl)c4)cc3Cl)c(S(=O)(=O)O)cc2c1. The maximum absolute atomic E-state index is 12.2. The number of azo groups is 2. The number of phenols is 2. The second kappa shape index (κ2) is 13.6. The maximum atomic E-state index is 12.2. The summed E-state index contributed by atoms with van der Waals surface area (Å²) in [7, 11) is -9.78. The molecule has 6 aromatic carbocycles. The highest BCUT2D eigenvalue weighted by atomic mass is 35.5. The first-order valence-electron chi connectivity index (χ1n) is 14.2. The van der Waals surface area contributed by atoms with E-state index in [2.05, 4.69) is 20.5 Å². The average molecular weight is 822 g/mol. The monoisotopic (exact) mass is 820 g/mol. The Morgan fingerprint density at radius 2 is 0.865 bits per heavy atom. The van der Waals surface area contributed by atoms with E-state index in [-0.39, 0.29) is 64.4 Å². The Morgan fingerprint density at radius 1 is 0.481 bits per heavy atom. The van der Waals surface area contributed by atoms with Gasteiger partial charge in [0.1, 0.15) is 32.5 Å². The third-order valence-electron chi connectivity index (χ3n) is 7.57. The van der Waals surface area contributed by atoms with Crippen LogP contribution in [0.25, 0.3) is 32.7 Å². The van der Waals surface area contributed by atoms with E-state index in [4.69, 9.17) is 57.9 Å². The van der Waals surface area contributed by atoms with Crippen molar-refractivity contribution in [2.24, 2.45) is 20.5 Å². The highest BCUT2D eigenvalue weighted by Gasteiger charge is 2.24. The van der Waals surface area contributed by atoms with Crippen molar-refractivity contribution in [3.8, 4) is 22.6 Å². The molecule has 0 bridgehead atoms. The number of phenolic OH excluding ortho intramolecular Hbond substituents is 2. The number of rotatable bonds is 7. The molecule has 0 aliphatic heterocycles. The standard InChI is InChI=1S/C32H20Cl4N6O8S2/c33-21-6-14(7-22(34)27(21)39-41-29-26(52(48,49)50)11-16-5-17(37)3-4-19(16)31(29)43)15-8-23(35)28(24(36)9-15)40-42-30-25(51(45,46)47)10-13-1-2-18(38)12-20(13)32(30)44/h1-12,43-44H,37-38H2,(H,45,46,47)(H,48,49,50). The number of nitrogens with zero attached hydrogens (tertiary/aromatic N) is 4. The van der Waals surface area contributed by atoms with Crippen molar-refractivity contribution in [3.63, 3.8) is 0 Å². The summed E-state index contributed by atoms with van der Waals surface area (Å²) < 4.78 is 68.4. The number of hydrogen-bond acceptors (Lipinski definition) is 12. The third-order valence-corrected chi connectivity index (χ3v) is 10.5. The summed E-state index contributed by atoms with van der Waals surface area (Å²) in [5.74, 6) is -1.23. The number of nitrogen functional groups attached to an aromatic ring is 2. The summed E-state index contributed by atoms with van der Waals surface area (Å²) in [4.78, 5) is -1.47. The van der Waals surface area contributed by atoms with Gasteiger partial charge in [0.25, 0.3) is 20.2 Å². The summed E-state index contributed by atoms with van der Waals surface area (Å²) in [5.41, 5.74) is 11.4. The lowest BCUT2D eigenvalue weighted by atomic mass is 10.0. The van der Waals surface area contributed by atoms with Gasteiger partial charge in [0.2, 0.25) is 0 Å². The van der Waals surface area contributed by atoms with E-state index in [1.54, 1.807) is 0 Å². The minimum Gasteiger partial charge on any atom is -0.505 e. The molecule has 20 heteroatoms. The number of anilines is 2. The van der Waals surface area contributed by atoms with E-state index in [9.17, 15) is 36.2 Å². The lowest BCUT2D eigenvalue weighted by Gasteiger charge is -2.11. The lowest BCUT2D eigenvalue weighted by Crippen LogP contribution is -1.99. The topological polar surface area (TPSA) is 251 Å². The molecule has 0 heterocycles. The van der Waals surface area contributed by atoms with Crippen LogP contribution in [0.2, 0.25) is 20.1 Å². The van der Waals surface area contributed by atoms with Crippen LogP contribution in [-0.4, -0.2) is 36.2 Å². The Hall–Kier alpha value is -4.78. The molecule has 0 atom stereocenters. The Labute approximate surface area is 314 Å². The minimum absolute atomic E-state index is 0.0751. The molecule has 0 aliphatic rings. The van der Waals surface area contributed by atoms with Gasteiger partial charge in [-0.3, -0.25) is 9.11 Å². The van der Waals surface area contributed by atoms with Gasteiger partial charge in [0.15, 0.2) is 11.5 Å². The molecule has 0 amide bonds. The van der Waals surface area contributed by atoms with Crippen molar-refractivity contribution in [2.75, 3.05) is 11.5 Å². The van der Waals surface area contributed by atoms with Crippen molar-refractivity contribution in [2.45, 2.75) is 9.79 Å². The zero-order valence-electron chi connectivity index (χ0n) is 25.6. The Bertz CT molecular complexity index is 2760. The maximum Gasteiger partial charge on any atom is 0.296 e. The fraction of sp³-hybridized carbons (Fsp3) is 0. The number of aromatic hydroxyl groups is 2. The molecule has 0 saturated heterocycles. The first kappa shape index (κ1) is 37.0. The highest BCUT2D eigenvalue weighted by Crippen LogP contribution is 2.47. The molecule has 0 aliphatic carbocycles. The summed E-state index contributed by atoms with van der Waals surface area (Å²) in [5, 5.41) is 37.9. The zero-order valence-corrected chi connectivity index (χ0v) is 30.3. The van der Waals surface area contributed by atoms with Gasteiger partial charge >= 0.3 is 0 Å². The molecule has 14 nitrogen and oxygen atoms in total. The number of fused-ring (bicyclic) bond motifs is 2. The fourth-order valence-corrected chi connectivity index (χ4v) is 7.61. The van der Waals surface area contributed by atoms with Crippen LogP contribution in [0, 0.1) is 0 Å². The van der Waals surface area contributed by atoms with Gasteiger partial charge < -0.3 is 21.7 Å². The second-order valence-corrected chi connectivity index (χ2v) is 15.4. The fourth-order valence-electron chi connectivity index (χ4n) is 5.17. The van der Waals surface area contributed by atoms with Crippen molar-refractivity contribution >= 4 is 122 Å². The highest BCUT2D eigenvalue weighted by molar-refractivity contribution is 7.86. The predicted octanol–water partition coefficient (Wildman–Crippen LogP) is 10.2. The number of hydrogen-bond donors (Lipinski definition) is 6. The normalized spacial score (nSPS) is 12.5. The van der Waals surface area contributed by atoms with Crippen molar-refractivity contribution < 1.29 is 36.2 Å². The van der Waals surface area contributed by atoms with E-state index in [1.807, 2.05) is 0 Å². The van der Waals surface area contributed by atoms with E-state index in [1.165, 1.54) is 60.7 Å². The average Bonchev–Trinajstić information content (AvgIpc) is 3.04. The molecule has 6 rings (SSSR count). The van der Waals surface area contributed by atoms with Gasteiger partial charge in [-0.1, -0.05) is 52.5 Å². The van der Waals surface area contributed by atoms with Crippen LogP contribution in [0.15, 0.2) is 103 Å². The number of nitrogens with two attached hydrogens (primary N) is 2. The van der Waals surface area contributed by atoms with Crippen LogP contribution in [0.1, 0.15) is 0 Å². The summed E-state index contributed by atoms with van der Waals surface area (Å²) in [6.07, 6.45) is 0. The summed E-state index contributed by atoms with van der Waals surface area (Å²) in [6.45, 7) is 0. The van der Waals surface area contributed by atoms with Crippen LogP contribution in [0.5, 0.6) is 11.5 Å². The van der Waals surface area contributed by atoms with Gasteiger partial charge in [0.05, 0.1) is 20.1 Å². The first-order chi connectivity index (χ1) is 24.3. The summed E-state index contributed by atoms with van der Waals surface area (Å²) in [6, 6.07) is 16.4. The first-order valence-corrected chi connectivity index (χ1v) is 18.6. The van der Waals surface area contributed by atoms with Crippen molar-refractivity contribution in [3.05, 3.63) is 92.9 Å². The van der Waals surface area contributed by atoms with Crippen molar-refractivity contribution in [1.82, 2.24) is 0 Å². The minimum atomic E-state index is -4.90. The van der Waals surface area contributed by atoms with Crippen molar-refractivity contribution in [1.29, 1.82) is 0 Å². The molecule has 0 aromatic heterocycles. The molecule has 0 radical (unpaired) electrons. The van der Waals surface area contributed by atoms with Crippen LogP contribution in [-0.2, 0) is 20.2 Å². The smallest absolute Gasteiger partial charge is 0.296 e. The molecule has 0 unspecified atom stereocenters. The third kappa shape index (κ3) is 7.15. The van der Waals surface area contributed by atoms with Gasteiger partial charge in [-0.05, 0) is 88.6 Å². The van der Waals surface area contributed by atoms with E-state index >= 15 is 0 Å². The second-order valence-electron chi connectivity index (χ2n) is 11.0. The van der Waals surface area contributed by atoms with E-state index in [0.717, 1.165) is 12.1 Å². The van der Waals surface area contributed by atoms with Gasteiger partial charge in [0, 0.05) is 22.1 Å².